The van der Waals surface area contributed by atoms with Crippen molar-refractivity contribution in [1.82, 2.24) is 14.8 Å². The largest absolute Gasteiger partial charge is 0.462 e. The lowest BCUT2D eigenvalue weighted by molar-refractivity contribution is 0.0525. The predicted molar refractivity (Wildman–Crippen MR) is 95.4 cm³/mol. The normalized spacial score (nSPS) is 20.9. The highest BCUT2D eigenvalue weighted by Gasteiger charge is 2.40. The number of rotatable bonds is 3. The molecule has 2 bridgehead atoms. The fourth-order valence-electron chi connectivity index (χ4n) is 3.32. The molecule has 10 nitrogen and oxygen atoms in total. The highest BCUT2D eigenvalue weighted by Crippen LogP contribution is 2.40. The Morgan fingerprint density at radius 3 is 2.93 bits per heavy atom. The molecule has 2 aliphatic rings. The first-order chi connectivity index (χ1) is 12.8. The van der Waals surface area contributed by atoms with Gasteiger partial charge in [0, 0.05) is 18.8 Å². The number of pyridine rings is 1. The summed E-state index contributed by atoms with van der Waals surface area (Å²) < 4.78 is 42.6. The van der Waals surface area contributed by atoms with E-state index >= 15 is 0 Å². The number of esters is 1. The third-order valence-corrected chi connectivity index (χ3v) is 5.83. The number of fused-ring (bicyclic) bond motifs is 3. The quantitative estimate of drug-likeness (QED) is 0.555. The van der Waals surface area contributed by atoms with Gasteiger partial charge in [-0.15, -0.1) is 5.10 Å². The van der Waals surface area contributed by atoms with E-state index < -0.39 is 21.5 Å². The number of ether oxygens (including phenoxy) is 2. The van der Waals surface area contributed by atoms with Crippen LogP contribution in [-0.4, -0.2) is 60.9 Å². The second kappa shape index (κ2) is 6.34. The smallest absolute Gasteiger partial charge is 0.341 e. The highest BCUT2D eigenvalue weighted by atomic mass is 32.2. The Hall–Kier alpha value is -2.40. The Bertz CT molecular complexity index is 1020. The molecule has 146 valence electrons. The van der Waals surface area contributed by atoms with Gasteiger partial charge >= 0.3 is 16.1 Å². The van der Waals surface area contributed by atoms with Crippen LogP contribution in [0.3, 0.4) is 0 Å². The summed E-state index contributed by atoms with van der Waals surface area (Å²) in [5.74, 6) is -0.635. The van der Waals surface area contributed by atoms with Crippen molar-refractivity contribution in [3.05, 3.63) is 11.8 Å². The van der Waals surface area contributed by atoms with Gasteiger partial charge in [0.25, 0.3) is 5.88 Å². The molecule has 27 heavy (non-hydrogen) atoms. The fourth-order valence-corrected chi connectivity index (χ4v) is 4.39. The predicted octanol–water partition coefficient (Wildman–Crippen LogP) is 1.07. The lowest BCUT2D eigenvalue weighted by Gasteiger charge is -2.35. The van der Waals surface area contributed by atoms with Crippen molar-refractivity contribution in [3.8, 4) is 5.88 Å². The van der Waals surface area contributed by atoms with Gasteiger partial charge in [-0.2, -0.15) is 8.42 Å². The summed E-state index contributed by atoms with van der Waals surface area (Å²) in [7, 11) is -4.04. The van der Waals surface area contributed by atoms with E-state index in [-0.39, 0.29) is 37.2 Å². The van der Waals surface area contributed by atoms with E-state index in [4.69, 9.17) is 13.7 Å². The lowest BCUT2D eigenvalue weighted by atomic mass is 10.1. The summed E-state index contributed by atoms with van der Waals surface area (Å²) >= 11 is 0. The monoisotopic (exact) mass is 396 g/mol. The van der Waals surface area contributed by atoms with Crippen LogP contribution in [0.25, 0.3) is 11.0 Å². The molecule has 4 heterocycles. The van der Waals surface area contributed by atoms with Crippen molar-refractivity contribution in [2.75, 3.05) is 31.2 Å². The molecule has 0 aromatic carbocycles. The molecule has 1 atom stereocenters. The maximum atomic E-state index is 12.6. The Morgan fingerprint density at radius 1 is 1.44 bits per heavy atom. The SMILES string of the molecule is CCOC(=O)c1cnc2c3c(nn2C(C)C)OS(=O)(=O)C2CN(CCO2)c13. The van der Waals surface area contributed by atoms with E-state index in [2.05, 4.69) is 10.1 Å². The molecule has 11 heteroatoms. The van der Waals surface area contributed by atoms with Gasteiger partial charge in [-0.1, -0.05) is 0 Å². The number of aromatic nitrogens is 3. The molecule has 1 unspecified atom stereocenters. The van der Waals surface area contributed by atoms with E-state index in [0.717, 1.165) is 0 Å². The van der Waals surface area contributed by atoms with Crippen molar-refractivity contribution in [2.45, 2.75) is 32.2 Å². The molecular weight excluding hydrogens is 376 g/mol. The summed E-state index contributed by atoms with van der Waals surface area (Å²) in [5.41, 5.74) is 0.0473. The third-order valence-electron chi connectivity index (χ3n) is 4.51. The van der Waals surface area contributed by atoms with Crippen LogP contribution in [-0.2, 0) is 19.6 Å². The Balaban J connectivity index is 2.06. The van der Waals surface area contributed by atoms with E-state index in [1.54, 1.807) is 16.5 Å². The standard InChI is InChI=1S/C16H20N4O6S/c1-4-24-16(21)10-7-17-14-12-13(10)19-5-6-25-11(8-19)27(22,23)26-15(12)18-20(14)9(2)3/h7,9,11H,4-6,8H2,1-3H3. The van der Waals surface area contributed by atoms with Crippen molar-refractivity contribution < 1.29 is 26.9 Å². The number of morpholine rings is 1. The van der Waals surface area contributed by atoms with Crippen LogP contribution >= 0.6 is 0 Å². The minimum atomic E-state index is -4.04. The summed E-state index contributed by atoms with van der Waals surface area (Å²) in [5, 5.41) is 4.70. The lowest BCUT2D eigenvalue weighted by Crippen LogP contribution is -2.48. The van der Waals surface area contributed by atoms with Crippen LogP contribution in [0, 0.1) is 0 Å². The topological polar surface area (TPSA) is 113 Å². The van der Waals surface area contributed by atoms with Crippen molar-refractivity contribution >= 4 is 32.8 Å². The molecule has 0 saturated carbocycles. The fraction of sp³-hybridized carbons (Fsp3) is 0.562. The maximum absolute atomic E-state index is 12.6. The second-order valence-electron chi connectivity index (χ2n) is 6.61. The van der Waals surface area contributed by atoms with Gasteiger partial charge in [-0.25, -0.2) is 14.5 Å². The molecule has 0 aliphatic carbocycles. The van der Waals surface area contributed by atoms with Gasteiger partial charge in [0.15, 0.2) is 5.65 Å². The number of nitrogens with zero attached hydrogens (tertiary/aromatic N) is 4. The Labute approximate surface area is 156 Å². The molecule has 4 rings (SSSR count). The van der Waals surface area contributed by atoms with E-state index in [9.17, 15) is 13.2 Å². The highest BCUT2D eigenvalue weighted by molar-refractivity contribution is 7.87. The van der Waals surface area contributed by atoms with Crippen LogP contribution in [0.15, 0.2) is 6.20 Å². The van der Waals surface area contributed by atoms with Gasteiger partial charge < -0.3 is 18.6 Å². The zero-order valence-corrected chi connectivity index (χ0v) is 16.0. The summed E-state index contributed by atoms with van der Waals surface area (Å²) in [4.78, 5) is 18.7. The van der Waals surface area contributed by atoms with E-state index in [1.165, 1.54) is 6.20 Å². The molecule has 2 aromatic rings. The molecule has 0 radical (unpaired) electrons. The van der Waals surface area contributed by atoms with Crippen molar-refractivity contribution in [1.29, 1.82) is 0 Å². The molecular formula is C16H20N4O6S. The summed E-state index contributed by atoms with van der Waals surface area (Å²) in [6.45, 7) is 6.37. The number of anilines is 1. The van der Waals surface area contributed by atoms with Crippen LogP contribution in [0.2, 0.25) is 0 Å². The summed E-state index contributed by atoms with van der Waals surface area (Å²) in [6, 6.07) is -0.0901. The average Bonchev–Trinajstić information content (AvgIpc) is 2.99. The molecule has 2 aliphatic heterocycles. The number of carbonyl (C=O) groups excluding carboxylic acids is 1. The number of hydrogen-bond acceptors (Lipinski definition) is 9. The molecule has 1 fully saturated rings. The number of carbonyl (C=O) groups is 1. The average molecular weight is 396 g/mol. The molecule has 0 N–H and O–H groups in total. The van der Waals surface area contributed by atoms with E-state index in [0.29, 0.717) is 23.3 Å². The third kappa shape index (κ3) is 2.81. The molecule has 2 aromatic heterocycles. The van der Waals surface area contributed by atoms with Crippen LogP contribution in [0.4, 0.5) is 5.69 Å². The van der Waals surface area contributed by atoms with Gasteiger partial charge in [0.05, 0.1) is 25.4 Å². The summed E-state index contributed by atoms with van der Waals surface area (Å²) in [6.07, 6.45) is 1.45. The number of hydrogen-bond donors (Lipinski definition) is 0. The van der Waals surface area contributed by atoms with Crippen LogP contribution in [0.5, 0.6) is 5.88 Å². The Kier molecular flexibility index (Phi) is 4.22. The van der Waals surface area contributed by atoms with Crippen molar-refractivity contribution in [3.63, 3.8) is 0 Å². The molecule has 0 spiro atoms. The minimum Gasteiger partial charge on any atom is -0.462 e. The molecule has 0 amide bonds. The zero-order valence-electron chi connectivity index (χ0n) is 15.2. The van der Waals surface area contributed by atoms with Crippen molar-refractivity contribution in [2.24, 2.45) is 0 Å². The van der Waals surface area contributed by atoms with Crippen LogP contribution in [0.1, 0.15) is 37.2 Å². The second-order valence-corrected chi connectivity index (χ2v) is 8.28. The zero-order chi connectivity index (χ0) is 19.3. The minimum absolute atomic E-state index is 0.0418. The van der Waals surface area contributed by atoms with Gasteiger partial charge in [0.2, 0.25) is 5.44 Å². The van der Waals surface area contributed by atoms with Gasteiger partial charge in [-0.3, -0.25) is 0 Å². The first-order valence-electron chi connectivity index (χ1n) is 8.71. The van der Waals surface area contributed by atoms with Gasteiger partial charge in [0.1, 0.15) is 10.9 Å². The first-order valence-corrected chi connectivity index (χ1v) is 10.2. The van der Waals surface area contributed by atoms with E-state index in [1.807, 2.05) is 13.8 Å². The van der Waals surface area contributed by atoms with Crippen LogP contribution < -0.4 is 9.08 Å². The maximum Gasteiger partial charge on any atom is 0.341 e. The first kappa shape index (κ1) is 18.0. The van der Waals surface area contributed by atoms with Gasteiger partial charge in [-0.05, 0) is 20.8 Å². The Morgan fingerprint density at radius 2 is 2.22 bits per heavy atom. The molecule has 1 saturated heterocycles.